The van der Waals surface area contributed by atoms with E-state index in [0.29, 0.717) is 0 Å². The normalized spacial score (nSPS) is 12.6. The van der Waals surface area contributed by atoms with Crippen LogP contribution < -0.4 is 15.2 Å². The minimum atomic E-state index is -3.92. The van der Waals surface area contributed by atoms with Gasteiger partial charge in [-0.05, 0) is 35.1 Å². The Morgan fingerprint density at radius 2 is 1.90 bits per heavy atom. The summed E-state index contributed by atoms with van der Waals surface area (Å²) in [5.74, 6) is -0.379. The van der Waals surface area contributed by atoms with E-state index in [1.807, 2.05) is 0 Å². The summed E-state index contributed by atoms with van der Waals surface area (Å²) in [4.78, 5) is -0.149. The van der Waals surface area contributed by atoms with E-state index >= 15 is 0 Å². The van der Waals surface area contributed by atoms with Gasteiger partial charge in [0.25, 0.3) is 0 Å². The average Bonchev–Trinajstić information content (AvgIpc) is 2.33. The van der Waals surface area contributed by atoms with E-state index in [2.05, 4.69) is 25.4 Å². The van der Waals surface area contributed by atoms with Gasteiger partial charge in [0.15, 0.2) is 0 Å². The lowest BCUT2D eigenvalue weighted by molar-refractivity contribution is 0.578. The molecule has 7 nitrogen and oxygen atoms in total. The minimum absolute atomic E-state index is 0.149. The molecule has 4 N–H and O–H groups in total. The topological polar surface area (TPSA) is 118 Å². The first kappa shape index (κ1) is 17.7. The molecule has 0 spiro atoms. The molecule has 0 fully saturated rings. The highest BCUT2D eigenvalue weighted by atomic mass is 79.9. The van der Waals surface area contributed by atoms with Crippen LogP contribution in [0.1, 0.15) is 0 Å². The van der Waals surface area contributed by atoms with Crippen LogP contribution in [0.2, 0.25) is 5.02 Å². The van der Waals surface area contributed by atoms with Gasteiger partial charge in [-0.2, -0.15) is 0 Å². The number of nitrogen functional groups attached to an aromatic ring is 1. The minimum Gasteiger partial charge on any atom is -0.398 e. The van der Waals surface area contributed by atoms with Gasteiger partial charge in [-0.3, -0.25) is 0 Å². The van der Waals surface area contributed by atoms with Crippen molar-refractivity contribution in [1.82, 2.24) is 9.44 Å². The largest absolute Gasteiger partial charge is 0.398 e. The van der Waals surface area contributed by atoms with E-state index in [1.165, 1.54) is 19.2 Å². The number of hydrogen-bond acceptors (Lipinski definition) is 5. The Kier molecular flexibility index (Phi) is 5.81. The summed E-state index contributed by atoms with van der Waals surface area (Å²) < 4.78 is 50.9. The third-order valence-electron chi connectivity index (χ3n) is 2.30. The molecule has 20 heavy (non-hydrogen) atoms. The Hall–Kier alpha value is -0.390. The first-order chi connectivity index (χ1) is 9.09. The molecule has 0 saturated carbocycles. The number of nitrogens with one attached hydrogen (secondary N) is 2. The first-order valence-electron chi connectivity index (χ1n) is 5.24. The molecule has 0 aliphatic heterocycles. The maximum atomic E-state index is 12.1. The average molecular weight is 407 g/mol. The molecule has 0 amide bonds. The van der Waals surface area contributed by atoms with Crippen molar-refractivity contribution in [3.05, 3.63) is 21.6 Å². The van der Waals surface area contributed by atoms with Gasteiger partial charge in [0.2, 0.25) is 20.0 Å². The number of hydrogen-bond donors (Lipinski definition) is 3. The Morgan fingerprint density at radius 1 is 1.30 bits per heavy atom. The standard InChI is InChI=1S/C9H13BrClN3O4S2/c1-13-19(15,16)3-2-14-20(17,18)8-5-6(11)4-7(12)9(8)10/h4-5,13-14H,2-3,12H2,1H3. The molecule has 0 radical (unpaired) electrons. The van der Waals surface area contributed by atoms with Crippen LogP contribution in [0.4, 0.5) is 5.69 Å². The van der Waals surface area contributed by atoms with Crippen molar-refractivity contribution < 1.29 is 16.8 Å². The molecular weight excluding hydrogens is 394 g/mol. The van der Waals surface area contributed by atoms with E-state index in [4.69, 9.17) is 17.3 Å². The van der Waals surface area contributed by atoms with Gasteiger partial charge < -0.3 is 5.73 Å². The Labute approximate surface area is 131 Å². The molecular formula is C9H13BrClN3O4S2. The molecule has 11 heteroatoms. The lowest BCUT2D eigenvalue weighted by atomic mass is 10.3. The summed E-state index contributed by atoms with van der Waals surface area (Å²) >= 11 is 8.82. The summed E-state index contributed by atoms with van der Waals surface area (Å²) in [6, 6.07) is 2.62. The van der Waals surface area contributed by atoms with Crippen LogP contribution in [0.25, 0.3) is 0 Å². The number of benzene rings is 1. The van der Waals surface area contributed by atoms with E-state index in [9.17, 15) is 16.8 Å². The van der Waals surface area contributed by atoms with Gasteiger partial charge in [0.05, 0.1) is 15.1 Å². The zero-order valence-electron chi connectivity index (χ0n) is 10.4. The second-order valence-electron chi connectivity index (χ2n) is 3.73. The van der Waals surface area contributed by atoms with Crippen LogP contribution in [0, 0.1) is 0 Å². The predicted molar refractivity (Wildman–Crippen MR) is 81.6 cm³/mol. The summed E-state index contributed by atoms with van der Waals surface area (Å²) in [6.45, 7) is -0.273. The molecule has 0 aromatic heterocycles. The summed E-state index contributed by atoms with van der Waals surface area (Å²) in [6.07, 6.45) is 0. The van der Waals surface area contributed by atoms with Crippen molar-refractivity contribution in [2.75, 3.05) is 25.1 Å². The maximum absolute atomic E-state index is 12.1. The lowest BCUT2D eigenvalue weighted by Gasteiger charge is -2.10. The van der Waals surface area contributed by atoms with Crippen molar-refractivity contribution in [2.45, 2.75) is 4.90 Å². The summed E-state index contributed by atoms with van der Waals surface area (Å²) in [5, 5.41) is 0.161. The van der Waals surface area contributed by atoms with Crippen LogP contribution in [-0.2, 0) is 20.0 Å². The van der Waals surface area contributed by atoms with E-state index in [1.54, 1.807) is 0 Å². The molecule has 1 aromatic rings. The van der Waals surface area contributed by atoms with Crippen molar-refractivity contribution in [2.24, 2.45) is 0 Å². The highest BCUT2D eigenvalue weighted by molar-refractivity contribution is 9.10. The smallest absolute Gasteiger partial charge is 0.241 e. The van der Waals surface area contributed by atoms with Gasteiger partial charge >= 0.3 is 0 Å². The van der Waals surface area contributed by atoms with Gasteiger partial charge in [-0.15, -0.1) is 0 Å². The fourth-order valence-corrected chi connectivity index (χ4v) is 4.30. The molecule has 0 saturated heterocycles. The fraction of sp³-hybridized carbons (Fsp3) is 0.333. The first-order valence-corrected chi connectivity index (χ1v) is 9.55. The monoisotopic (exact) mass is 405 g/mol. The molecule has 0 unspecified atom stereocenters. The van der Waals surface area contributed by atoms with Crippen molar-refractivity contribution in [3.8, 4) is 0 Å². The number of halogens is 2. The maximum Gasteiger partial charge on any atom is 0.241 e. The Bertz CT molecular complexity index is 706. The molecule has 0 aliphatic carbocycles. The molecule has 114 valence electrons. The molecule has 0 heterocycles. The third kappa shape index (κ3) is 4.57. The number of sulfonamides is 2. The van der Waals surface area contributed by atoms with E-state index in [0.717, 1.165) is 0 Å². The van der Waals surface area contributed by atoms with E-state index < -0.39 is 20.0 Å². The molecule has 0 aliphatic rings. The van der Waals surface area contributed by atoms with Crippen molar-refractivity contribution in [1.29, 1.82) is 0 Å². The molecule has 0 bridgehead atoms. The zero-order chi connectivity index (χ0) is 15.6. The van der Waals surface area contributed by atoms with Gasteiger partial charge in [0.1, 0.15) is 0 Å². The van der Waals surface area contributed by atoms with Crippen molar-refractivity contribution in [3.63, 3.8) is 0 Å². The molecule has 1 rings (SSSR count). The second kappa shape index (κ2) is 6.58. The van der Waals surface area contributed by atoms with Crippen LogP contribution in [-0.4, -0.2) is 36.2 Å². The molecule has 0 atom stereocenters. The number of anilines is 1. The SMILES string of the molecule is CNS(=O)(=O)CCNS(=O)(=O)c1cc(Cl)cc(N)c1Br. The second-order valence-corrected chi connectivity index (χ2v) is 8.74. The van der Waals surface area contributed by atoms with Gasteiger partial charge in [0, 0.05) is 17.3 Å². The highest BCUT2D eigenvalue weighted by Crippen LogP contribution is 2.31. The van der Waals surface area contributed by atoms with Crippen LogP contribution in [0.15, 0.2) is 21.5 Å². The molecule has 1 aromatic carbocycles. The Balaban J connectivity index is 2.96. The zero-order valence-corrected chi connectivity index (χ0v) is 14.3. The quantitative estimate of drug-likeness (QED) is 0.595. The lowest BCUT2D eigenvalue weighted by Crippen LogP contribution is -2.33. The Morgan fingerprint density at radius 3 is 2.45 bits per heavy atom. The summed E-state index contributed by atoms with van der Waals surface area (Å²) in [7, 11) is -6.16. The van der Waals surface area contributed by atoms with Crippen molar-refractivity contribution >= 4 is 53.3 Å². The van der Waals surface area contributed by atoms with Crippen LogP contribution in [0.5, 0.6) is 0 Å². The van der Waals surface area contributed by atoms with Gasteiger partial charge in [-0.1, -0.05) is 11.6 Å². The predicted octanol–water partition coefficient (Wildman–Crippen LogP) is 0.512. The number of nitrogens with two attached hydrogens (primary N) is 1. The summed E-state index contributed by atoms with van der Waals surface area (Å²) in [5.41, 5.74) is 5.78. The highest BCUT2D eigenvalue weighted by Gasteiger charge is 2.20. The van der Waals surface area contributed by atoms with Crippen LogP contribution in [0.3, 0.4) is 0 Å². The number of rotatable bonds is 6. The van der Waals surface area contributed by atoms with E-state index in [-0.39, 0.29) is 32.4 Å². The third-order valence-corrected chi connectivity index (χ3v) is 6.51. The van der Waals surface area contributed by atoms with Crippen LogP contribution >= 0.6 is 27.5 Å². The van der Waals surface area contributed by atoms with Gasteiger partial charge in [-0.25, -0.2) is 26.3 Å². The fourth-order valence-electron chi connectivity index (χ4n) is 1.27.